The molecule has 3 rings (SSSR count). The number of carbonyl (C=O) groups excluding carboxylic acids is 2. The van der Waals surface area contributed by atoms with Crippen molar-refractivity contribution in [1.29, 1.82) is 0 Å². The maximum atomic E-state index is 12.7. The van der Waals surface area contributed by atoms with Crippen LogP contribution < -0.4 is 4.74 Å². The standard InChI is InChI=1S/C21H22O4/c1-4-25-21(23)17-11-18(22)15-10-13(2)19(24-3)12-16(15)20(17)14-8-6-5-7-9-14/h5-10,12,17,20H,4,11H2,1-3H3/t17-,20-/m1/s1. The average molecular weight is 338 g/mol. The highest BCUT2D eigenvalue weighted by atomic mass is 16.5. The highest BCUT2D eigenvalue weighted by Gasteiger charge is 2.40. The van der Waals surface area contributed by atoms with Gasteiger partial charge in [0.05, 0.1) is 19.6 Å². The number of ketones is 1. The maximum absolute atomic E-state index is 12.7. The van der Waals surface area contributed by atoms with Gasteiger partial charge in [0.2, 0.25) is 0 Å². The molecule has 0 bridgehead atoms. The van der Waals surface area contributed by atoms with Crippen molar-refractivity contribution in [2.45, 2.75) is 26.2 Å². The number of fused-ring (bicyclic) bond motifs is 1. The van der Waals surface area contributed by atoms with Gasteiger partial charge in [-0.2, -0.15) is 0 Å². The SMILES string of the molecule is CCOC(=O)[C@@H]1CC(=O)c2cc(C)c(OC)cc2[C@H]1c1ccccc1. The molecule has 0 fully saturated rings. The van der Waals surface area contributed by atoms with Crippen LogP contribution in [0.15, 0.2) is 42.5 Å². The van der Waals surface area contributed by atoms with E-state index in [0.717, 1.165) is 22.4 Å². The van der Waals surface area contributed by atoms with Crippen molar-refractivity contribution in [3.05, 3.63) is 64.7 Å². The molecule has 0 heterocycles. The summed E-state index contributed by atoms with van der Waals surface area (Å²) in [5.74, 6) is -0.366. The molecule has 4 heteroatoms. The zero-order chi connectivity index (χ0) is 18.0. The predicted octanol–water partition coefficient (Wildman–Crippen LogP) is 3.90. The molecule has 2 aromatic rings. The number of hydrogen-bond acceptors (Lipinski definition) is 4. The van der Waals surface area contributed by atoms with Gasteiger partial charge < -0.3 is 9.47 Å². The topological polar surface area (TPSA) is 52.6 Å². The van der Waals surface area contributed by atoms with E-state index in [2.05, 4.69) is 0 Å². The number of methoxy groups -OCH3 is 1. The van der Waals surface area contributed by atoms with Crippen LogP contribution >= 0.6 is 0 Å². The van der Waals surface area contributed by atoms with E-state index >= 15 is 0 Å². The second-order valence-corrected chi connectivity index (χ2v) is 6.28. The summed E-state index contributed by atoms with van der Waals surface area (Å²) in [5.41, 5.74) is 3.42. The van der Waals surface area contributed by atoms with Crippen LogP contribution in [0, 0.1) is 12.8 Å². The Morgan fingerprint density at radius 1 is 1.20 bits per heavy atom. The van der Waals surface area contributed by atoms with Gasteiger partial charge in [-0.15, -0.1) is 0 Å². The van der Waals surface area contributed by atoms with E-state index in [1.807, 2.05) is 49.4 Å². The number of hydrogen-bond donors (Lipinski definition) is 0. The molecule has 25 heavy (non-hydrogen) atoms. The van der Waals surface area contributed by atoms with Crippen molar-refractivity contribution >= 4 is 11.8 Å². The van der Waals surface area contributed by atoms with Gasteiger partial charge in [-0.3, -0.25) is 9.59 Å². The minimum absolute atomic E-state index is 0.0222. The van der Waals surface area contributed by atoms with Crippen molar-refractivity contribution in [3.63, 3.8) is 0 Å². The second-order valence-electron chi connectivity index (χ2n) is 6.28. The van der Waals surface area contributed by atoms with Gasteiger partial charge in [-0.05, 0) is 42.7 Å². The lowest BCUT2D eigenvalue weighted by Gasteiger charge is -2.32. The number of carbonyl (C=O) groups is 2. The molecule has 2 atom stereocenters. The summed E-state index contributed by atoms with van der Waals surface area (Å²) >= 11 is 0. The summed E-state index contributed by atoms with van der Waals surface area (Å²) in [6.45, 7) is 4.00. The van der Waals surface area contributed by atoms with Crippen LogP contribution in [0.2, 0.25) is 0 Å². The van der Waals surface area contributed by atoms with Crippen LogP contribution in [0.25, 0.3) is 0 Å². The highest BCUT2D eigenvalue weighted by molar-refractivity contribution is 6.02. The summed E-state index contributed by atoms with van der Waals surface area (Å²) in [6.07, 6.45) is 0.164. The molecule has 0 amide bonds. The van der Waals surface area contributed by atoms with Crippen LogP contribution in [0.3, 0.4) is 0 Å². The van der Waals surface area contributed by atoms with Crippen LogP contribution in [0.1, 0.15) is 46.3 Å². The maximum Gasteiger partial charge on any atom is 0.310 e. The van der Waals surface area contributed by atoms with Crippen molar-refractivity contribution in [1.82, 2.24) is 0 Å². The zero-order valence-electron chi connectivity index (χ0n) is 14.7. The average Bonchev–Trinajstić information content (AvgIpc) is 2.62. The van der Waals surface area contributed by atoms with Gasteiger partial charge in [0.1, 0.15) is 5.75 Å². The molecule has 0 N–H and O–H groups in total. The third kappa shape index (κ3) is 3.16. The highest BCUT2D eigenvalue weighted by Crippen LogP contribution is 2.43. The van der Waals surface area contributed by atoms with E-state index in [4.69, 9.17) is 9.47 Å². The molecule has 0 unspecified atom stereocenters. The number of rotatable bonds is 4. The number of ether oxygens (including phenoxy) is 2. The Balaban J connectivity index is 2.19. The van der Waals surface area contributed by atoms with Gasteiger partial charge in [0.25, 0.3) is 0 Å². The first-order valence-electron chi connectivity index (χ1n) is 8.50. The second kappa shape index (κ2) is 7.09. The zero-order valence-corrected chi connectivity index (χ0v) is 14.7. The van der Waals surface area contributed by atoms with Crippen LogP contribution in [0.5, 0.6) is 5.75 Å². The van der Waals surface area contributed by atoms with E-state index in [1.165, 1.54) is 0 Å². The third-order valence-electron chi connectivity index (χ3n) is 4.76. The Labute approximate surface area is 147 Å². The van der Waals surface area contributed by atoms with E-state index in [9.17, 15) is 9.59 Å². The molecule has 0 aliphatic heterocycles. The van der Waals surface area contributed by atoms with Crippen LogP contribution in [-0.2, 0) is 9.53 Å². The Bertz CT molecular complexity index is 795. The monoisotopic (exact) mass is 338 g/mol. The lowest BCUT2D eigenvalue weighted by atomic mass is 9.71. The van der Waals surface area contributed by atoms with E-state index in [0.29, 0.717) is 12.2 Å². The first-order chi connectivity index (χ1) is 12.1. The molecule has 1 aliphatic rings. The first kappa shape index (κ1) is 17.2. The largest absolute Gasteiger partial charge is 0.496 e. The number of esters is 1. The van der Waals surface area contributed by atoms with E-state index in [1.54, 1.807) is 14.0 Å². The number of Topliss-reactive ketones (excluding diaryl/α,β-unsaturated/α-hetero) is 1. The molecule has 2 aromatic carbocycles. The Hall–Kier alpha value is -2.62. The van der Waals surface area contributed by atoms with Crippen LogP contribution in [-0.4, -0.2) is 25.5 Å². The summed E-state index contributed by atoms with van der Waals surface area (Å²) < 4.78 is 10.7. The molecular formula is C21H22O4. The van der Waals surface area contributed by atoms with Gasteiger partial charge >= 0.3 is 5.97 Å². The molecule has 4 nitrogen and oxygen atoms in total. The molecule has 0 spiro atoms. The minimum Gasteiger partial charge on any atom is -0.496 e. The van der Waals surface area contributed by atoms with Crippen molar-refractivity contribution < 1.29 is 19.1 Å². The quantitative estimate of drug-likeness (QED) is 0.793. The smallest absolute Gasteiger partial charge is 0.310 e. The van der Waals surface area contributed by atoms with Crippen molar-refractivity contribution in [2.24, 2.45) is 5.92 Å². The Morgan fingerprint density at radius 2 is 1.92 bits per heavy atom. The van der Waals surface area contributed by atoms with Crippen molar-refractivity contribution in [3.8, 4) is 5.75 Å². The molecule has 130 valence electrons. The van der Waals surface area contributed by atoms with Gasteiger partial charge in [-0.25, -0.2) is 0 Å². The van der Waals surface area contributed by atoms with Crippen LogP contribution in [0.4, 0.5) is 0 Å². The summed E-state index contributed by atoms with van der Waals surface area (Å²) in [6, 6.07) is 13.6. The minimum atomic E-state index is -0.519. The predicted molar refractivity (Wildman–Crippen MR) is 95.1 cm³/mol. The Morgan fingerprint density at radius 3 is 2.56 bits per heavy atom. The fourth-order valence-corrected chi connectivity index (χ4v) is 3.61. The first-order valence-corrected chi connectivity index (χ1v) is 8.50. The summed E-state index contributed by atoms with van der Waals surface area (Å²) in [5, 5.41) is 0. The van der Waals surface area contributed by atoms with Gasteiger partial charge in [0.15, 0.2) is 5.78 Å². The van der Waals surface area contributed by atoms with Gasteiger partial charge in [-0.1, -0.05) is 30.3 Å². The lowest BCUT2D eigenvalue weighted by molar-refractivity contribution is -0.148. The van der Waals surface area contributed by atoms with E-state index < -0.39 is 5.92 Å². The van der Waals surface area contributed by atoms with Crippen molar-refractivity contribution in [2.75, 3.05) is 13.7 Å². The van der Waals surface area contributed by atoms with Gasteiger partial charge in [0, 0.05) is 17.9 Å². The molecule has 0 radical (unpaired) electrons. The Kier molecular flexibility index (Phi) is 4.88. The number of benzene rings is 2. The molecule has 0 saturated heterocycles. The summed E-state index contributed by atoms with van der Waals surface area (Å²) in [7, 11) is 1.61. The molecule has 0 saturated carbocycles. The fraction of sp³-hybridized carbons (Fsp3) is 0.333. The fourth-order valence-electron chi connectivity index (χ4n) is 3.61. The molecule has 0 aromatic heterocycles. The number of aryl methyl sites for hydroxylation is 1. The lowest BCUT2D eigenvalue weighted by Crippen LogP contribution is -2.33. The normalized spacial score (nSPS) is 19.2. The third-order valence-corrected chi connectivity index (χ3v) is 4.76. The summed E-state index contributed by atoms with van der Waals surface area (Å²) in [4.78, 5) is 25.2. The molecular weight excluding hydrogens is 316 g/mol. The van der Waals surface area contributed by atoms with E-state index in [-0.39, 0.29) is 24.1 Å². The molecule has 1 aliphatic carbocycles.